The molecule has 0 amide bonds. The third-order valence-electron chi connectivity index (χ3n) is 7.93. The number of phosphoric ester groups is 1. The van der Waals surface area contributed by atoms with E-state index in [2.05, 4.69) is 13.8 Å². The number of hydrogen-bond acceptors (Lipinski definition) is 3. The fraction of sp³-hybridized carbons (Fsp3) is 0.667. The maximum Gasteiger partial charge on any atom is 0.584 e. The molecule has 0 fully saturated rings. The number of hydrogen-bond donors (Lipinski definition) is 1. The molecular weight excluding hydrogens is 527 g/mol. The van der Waals surface area contributed by atoms with Crippen molar-refractivity contribution in [1.29, 1.82) is 0 Å². The lowest BCUT2D eigenvalue weighted by atomic mass is 10.0. The summed E-state index contributed by atoms with van der Waals surface area (Å²) in [6.45, 7) is 4.53. The molecule has 0 heterocycles. The standard InChI is InChI=1S/C36H59O4P/c1-3-5-7-9-11-13-15-17-19-21-23-33-25-29-35(30-26-33)39-41(37,38)40-36-31-27-34(28-32-36)24-22-20-18-16-14-12-10-8-6-4-2/h25-32H,3-24H2,1-2H3,(H,37,38). The molecule has 0 aliphatic rings. The van der Waals surface area contributed by atoms with E-state index in [9.17, 15) is 9.46 Å². The zero-order valence-electron chi connectivity index (χ0n) is 26.3. The van der Waals surface area contributed by atoms with E-state index < -0.39 is 7.82 Å². The van der Waals surface area contributed by atoms with Gasteiger partial charge in [-0.05, 0) is 61.1 Å². The Morgan fingerprint density at radius 3 is 1.02 bits per heavy atom. The van der Waals surface area contributed by atoms with Crippen LogP contribution >= 0.6 is 7.82 Å². The molecule has 5 heteroatoms. The van der Waals surface area contributed by atoms with Crippen LogP contribution in [0.4, 0.5) is 0 Å². The zero-order chi connectivity index (χ0) is 29.4. The van der Waals surface area contributed by atoms with Crippen molar-refractivity contribution in [2.75, 3.05) is 0 Å². The predicted molar refractivity (Wildman–Crippen MR) is 175 cm³/mol. The molecular formula is C36H59O4P. The number of aryl methyl sites for hydroxylation is 2. The summed E-state index contributed by atoms with van der Waals surface area (Å²) in [5, 5.41) is 0. The number of phosphoric acid groups is 1. The Bertz CT molecular complexity index is 852. The minimum atomic E-state index is -4.26. The van der Waals surface area contributed by atoms with Gasteiger partial charge in [0, 0.05) is 0 Å². The predicted octanol–water partition coefficient (Wildman–Crippen LogP) is 12.2. The average Bonchev–Trinajstić information content (AvgIpc) is 2.96. The van der Waals surface area contributed by atoms with E-state index in [4.69, 9.17) is 9.05 Å². The van der Waals surface area contributed by atoms with Gasteiger partial charge in [0.2, 0.25) is 0 Å². The molecule has 0 aliphatic heterocycles. The van der Waals surface area contributed by atoms with Gasteiger partial charge in [-0.2, -0.15) is 0 Å². The van der Waals surface area contributed by atoms with Crippen LogP contribution in [0.25, 0.3) is 0 Å². The maximum atomic E-state index is 12.6. The van der Waals surface area contributed by atoms with Gasteiger partial charge in [-0.1, -0.05) is 154 Å². The number of unbranched alkanes of at least 4 members (excludes halogenated alkanes) is 18. The Morgan fingerprint density at radius 2 is 0.732 bits per heavy atom. The maximum absolute atomic E-state index is 12.6. The van der Waals surface area contributed by atoms with Gasteiger partial charge >= 0.3 is 7.82 Å². The van der Waals surface area contributed by atoms with Crippen molar-refractivity contribution in [2.24, 2.45) is 0 Å². The lowest BCUT2D eigenvalue weighted by molar-refractivity contribution is 0.291. The highest BCUT2D eigenvalue weighted by Crippen LogP contribution is 2.44. The van der Waals surface area contributed by atoms with Crippen molar-refractivity contribution in [3.05, 3.63) is 59.7 Å². The van der Waals surface area contributed by atoms with E-state index >= 15 is 0 Å². The van der Waals surface area contributed by atoms with Gasteiger partial charge in [-0.15, -0.1) is 0 Å². The summed E-state index contributed by atoms with van der Waals surface area (Å²) < 4.78 is 23.2. The third-order valence-corrected chi connectivity index (χ3v) is 8.81. The molecule has 0 bridgehead atoms. The van der Waals surface area contributed by atoms with E-state index in [0.717, 1.165) is 12.8 Å². The minimum absolute atomic E-state index is 0.347. The zero-order valence-corrected chi connectivity index (χ0v) is 27.2. The Kier molecular flexibility index (Phi) is 19.7. The molecule has 0 aliphatic carbocycles. The highest BCUT2D eigenvalue weighted by Gasteiger charge is 2.25. The van der Waals surface area contributed by atoms with Crippen molar-refractivity contribution in [1.82, 2.24) is 0 Å². The molecule has 0 aromatic heterocycles. The summed E-state index contributed by atoms with van der Waals surface area (Å²) in [5.74, 6) is 0.695. The van der Waals surface area contributed by atoms with Crippen molar-refractivity contribution < 1.29 is 18.5 Å². The van der Waals surface area contributed by atoms with Gasteiger partial charge < -0.3 is 9.05 Å². The largest absolute Gasteiger partial charge is 0.584 e. The van der Waals surface area contributed by atoms with Crippen LogP contribution in [0.5, 0.6) is 11.5 Å². The summed E-state index contributed by atoms with van der Waals surface area (Å²) in [6, 6.07) is 14.9. The lowest BCUT2D eigenvalue weighted by Gasteiger charge is -2.14. The Hall–Kier alpha value is -1.77. The summed E-state index contributed by atoms with van der Waals surface area (Å²) in [6.07, 6.45) is 28.6. The highest BCUT2D eigenvalue weighted by atomic mass is 31.2. The number of benzene rings is 2. The Morgan fingerprint density at radius 1 is 0.463 bits per heavy atom. The summed E-state index contributed by atoms with van der Waals surface area (Å²) in [5.41, 5.74) is 2.45. The molecule has 0 saturated carbocycles. The van der Waals surface area contributed by atoms with Gasteiger partial charge in [0.15, 0.2) is 0 Å². The van der Waals surface area contributed by atoms with Crippen molar-refractivity contribution in [3.63, 3.8) is 0 Å². The van der Waals surface area contributed by atoms with Gasteiger partial charge in [0.05, 0.1) is 0 Å². The van der Waals surface area contributed by atoms with Crippen LogP contribution in [0.3, 0.4) is 0 Å². The molecule has 0 atom stereocenters. The molecule has 1 N–H and O–H groups in total. The first-order valence-electron chi connectivity index (χ1n) is 16.9. The fourth-order valence-electron chi connectivity index (χ4n) is 5.35. The van der Waals surface area contributed by atoms with Gasteiger partial charge in [-0.3, -0.25) is 4.89 Å². The topological polar surface area (TPSA) is 55.8 Å². The van der Waals surface area contributed by atoms with Crippen molar-refractivity contribution in [3.8, 4) is 11.5 Å². The van der Waals surface area contributed by atoms with E-state index in [-0.39, 0.29) is 0 Å². The van der Waals surface area contributed by atoms with E-state index in [1.807, 2.05) is 24.3 Å². The molecule has 2 rings (SSSR count). The van der Waals surface area contributed by atoms with Crippen LogP contribution in [0.15, 0.2) is 48.5 Å². The van der Waals surface area contributed by atoms with Crippen LogP contribution in [0.2, 0.25) is 0 Å². The molecule has 232 valence electrons. The van der Waals surface area contributed by atoms with Crippen LogP contribution < -0.4 is 9.05 Å². The normalized spacial score (nSPS) is 11.6. The molecule has 2 aromatic rings. The van der Waals surface area contributed by atoms with E-state index in [0.29, 0.717) is 11.5 Å². The van der Waals surface area contributed by atoms with Crippen molar-refractivity contribution in [2.45, 2.75) is 155 Å². The first kappa shape index (κ1) is 35.4. The van der Waals surface area contributed by atoms with E-state index in [1.54, 1.807) is 24.3 Å². The van der Waals surface area contributed by atoms with Crippen molar-refractivity contribution >= 4 is 7.82 Å². The van der Waals surface area contributed by atoms with Crippen LogP contribution in [0.1, 0.15) is 153 Å². The Balaban J connectivity index is 1.58. The van der Waals surface area contributed by atoms with Crippen LogP contribution in [-0.4, -0.2) is 4.89 Å². The smallest absolute Gasteiger partial charge is 0.395 e. The molecule has 0 saturated heterocycles. The molecule has 0 radical (unpaired) electrons. The summed E-state index contributed by atoms with van der Waals surface area (Å²) >= 11 is 0. The molecule has 4 nitrogen and oxygen atoms in total. The second-order valence-electron chi connectivity index (χ2n) is 11.8. The first-order valence-corrected chi connectivity index (χ1v) is 18.4. The molecule has 41 heavy (non-hydrogen) atoms. The van der Waals surface area contributed by atoms with Crippen LogP contribution in [0, 0.1) is 0 Å². The quantitative estimate of drug-likeness (QED) is 0.0880. The second kappa shape index (κ2) is 22.8. The highest BCUT2D eigenvalue weighted by molar-refractivity contribution is 7.48. The minimum Gasteiger partial charge on any atom is -0.395 e. The Labute approximate surface area is 252 Å². The van der Waals surface area contributed by atoms with E-state index in [1.165, 1.54) is 140 Å². The second-order valence-corrected chi connectivity index (χ2v) is 13.1. The van der Waals surface area contributed by atoms with Gasteiger partial charge in [0.25, 0.3) is 0 Å². The van der Waals surface area contributed by atoms with Crippen LogP contribution in [-0.2, 0) is 17.4 Å². The monoisotopic (exact) mass is 586 g/mol. The molecule has 0 spiro atoms. The molecule has 2 aromatic carbocycles. The summed E-state index contributed by atoms with van der Waals surface area (Å²) in [7, 11) is -4.26. The SMILES string of the molecule is CCCCCCCCCCCCc1ccc(OP(=O)(O)Oc2ccc(CCCCCCCCCCCC)cc2)cc1. The average molecular weight is 587 g/mol. The first-order chi connectivity index (χ1) is 20.0. The lowest BCUT2D eigenvalue weighted by Crippen LogP contribution is -2.00. The number of rotatable bonds is 26. The van der Waals surface area contributed by atoms with Gasteiger partial charge in [-0.25, -0.2) is 4.57 Å². The van der Waals surface area contributed by atoms with Gasteiger partial charge in [0.1, 0.15) is 11.5 Å². The molecule has 0 unspecified atom stereocenters. The third kappa shape index (κ3) is 18.4. The summed E-state index contributed by atoms with van der Waals surface area (Å²) in [4.78, 5) is 10.3. The fourth-order valence-corrected chi connectivity index (χ4v) is 6.17.